The lowest BCUT2D eigenvalue weighted by Gasteiger charge is -2.40. The molecule has 6 unspecified atom stereocenters. The molecule has 81 heavy (non-hydrogen) atoms. The lowest BCUT2D eigenvalue weighted by Crippen LogP contribution is -2.61. The van der Waals surface area contributed by atoms with Gasteiger partial charge in [0, 0.05) is 19.3 Å². The number of unbranched alkanes of at least 4 members (excludes halogenated alkanes) is 21. The molecule has 1 aliphatic rings. The summed E-state index contributed by atoms with van der Waals surface area (Å²) in [5.74, 6) is -3.26. The van der Waals surface area contributed by atoms with Gasteiger partial charge in [0.2, 0.25) is 0 Å². The summed E-state index contributed by atoms with van der Waals surface area (Å²) in [5.41, 5.74) is 0. The van der Waals surface area contributed by atoms with Gasteiger partial charge in [-0.05, 0) is 109 Å². The molecular weight excluding hydrogens is 1020 g/mol. The zero-order chi connectivity index (χ0) is 58.9. The summed E-state index contributed by atoms with van der Waals surface area (Å²) in [7, 11) is 0. The average molecular weight is 1130 g/mol. The number of aliphatic hydroxyl groups excluding tert-OH is 2. The smallest absolute Gasteiger partial charge is 0.335 e. The normalized spacial score (nSPS) is 18.5. The molecule has 6 atom stereocenters. The van der Waals surface area contributed by atoms with Gasteiger partial charge in [-0.3, -0.25) is 14.4 Å². The minimum absolute atomic E-state index is 0.0709. The van der Waals surface area contributed by atoms with Crippen molar-refractivity contribution in [1.29, 1.82) is 0 Å². The van der Waals surface area contributed by atoms with Crippen LogP contribution in [0.3, 0.4) is 0 Å². The molecule has 0 aromatic heterocycles. The van der Waals surface area contributed by atoms with Crippen molar-refractivity contribution in [2.75, 3.05) is 13.2 Å². The molecular formula is C69H112O12. The van der Waals surface area contributed by atoms with E-state index >= 15 is 0 Å². The molecule has 460 valence electrons. The number of rotatable bonds is 53. The second kappa shape index (κ2) is 55.9. The molecule has 0 radical (unpaired) electrons. The van der Waals surface area contributed by atoms with E-state index in [-0.39, 0.29) is 25.9 Å². The fraction of sp³-hybridized carbons (Fsp3) is 0.681. The Morgan fingerprint density at radius 2 is 0.827 bits per heavy atom. The highest BCUT2D eigenvalue weighted by molar-refractivity contribution is 5.74. The Morgan fingerprint density at radius 1 is 0.420 bits per heavy atom. The molecule has 1 saturated heterocycles. The van der Waals surface area contributed by atoms with Crippen LogP contribution >= 0.6 is 0 Å². The highest BCUT2D eigenvalue weighted by Gasteiger charge is 2.50. The number of hydrogen-bond acceptors (Lipinski definition) is 11. The first-order chi connectivity index (χ1) is 39.6. The van der Waals surface area contributed by atoms with Crippen molar-refractivity contribution in [1.82, 2.24) is 0 Å². The van der Waals surface area contributed by atoms with Crippen LogP contribution in [-0.2, 0) is 42.9 Å². The molecule has 1 aliphatic heterocycles. The molecule has 1 fully saturated rings. The zero-order valence-corrected chi connectivity index (χ0v) is 50.7. The Balaban J connectivity index is 2.70. The molecule has 0 aromatic carbocycles. The summed E-state index contributed by atoms with van der Waals surface area (Å²) in [6.45, 7) is 5.78. The maximum atomic E-state index is 13.2. The van der Waals surface area contributed by atoms with Crippen molar-refractivity contribution in [2.24, 2.45) is 0 Å². The largest absolute Gasteiger partial charge is 0.479 e. The van der Waals surface area contributed by atoms with Gasteiger partial charge in [-0.25, -0.2) is 4.79 Å². The first-order valence-electron chi connectivity index (χ1n) is 31.9. The maximum absolute atomic E-state index is 13.2. The van der Waals surface area contributed by atoms with E-state index in [1.807, 2.05) is 18.2 Å². The van der Waals surface area contributed by atoms with E-state index in [1.54, 1.807) is 0 Å². The number of ether oxygens (including phenoxy) is 5. The van der Waals surface area contributed by atoms with Gasteiger partial charge in [-0.15, -0.1) is 0 Å². The van der Waals surface area contributed by atoms with Crippen molar-refractivity contribution >= 4 is 23.9 Å². The topological polar surface area (TPSA) is 175 Å². The Labute approximate surface area is 491 Å². The third-order valence-electron chi connectivity index (χ3n) is 13.8. The number of carboxylic acid groups (broad SMARTS) is 1. The van der Waals surface area contributed by atoms with Gasteiger partial charge in [0.25, 0.3) is 0 Å². The molecule has 0 aliphatic carbocycles. The zero-order valence-electron chi connectivity index (χ0n) is 50.7. The summed E-state index contributed by atoms with van der Waals surface area (Å²) in [6, 6.07) is 0. The van der Waals surface area contributed by atoms with Crippen molar-refractivity contribution in [3.8, 4) is 0 Å². The van der Waals surface area contributed by atoms with Gasteiger partial charge in [0.05, 0.1) is 6.61 Å². The fourth-order valence-electron chi connectivity index (χ4n) is 8.96. The Kier molecular flexibility index (Phi) is 51.3. The number of hydrogen-bond donors (Lipinski definition) is 3. The van der Waals surface area contributed by atoms with Crippen LogP contribution in [0.15, 0.2) is 109 Å². The van der Waals surface area contributed by atoms with Gasteiger partial charge in [-0.2, -0.15) is 0 Å². The van der Waals surface area contributed by atoms with Crippen LogP contribution in [0.1, 0.15) is 252 Å². The number of esters is 3. The third-order valence-corrected chi connectivity index (χ3v) is 13.8. The molecule has 12 nitrogen and oxygen atoms in total. The highest BCUT2D eigenvalue weighted by atomic mass is 16.7. The second-order valence-corrected chi connectivity index (χ2v) is 21.3. The van der Waals surface area contributed by atoms with Crippen molar-refractivity contribution < 1.29 is 58.2 Å². The average Bonchev–Trinajstić information content (AvgIpc) is 3.54. The molecule has 0 spiro atoms. The lowest BCUT2D eigenvalue weighted by atomic mass is 9.98. The summed E-state index contributed by atoms with van der Waals surface area (Å²) >= 11 is 0. The minimum Gasteiger partial charge on any atom is -0.479 e. The Morgan fingerprint density at radius 3 is 1.30 bits per heavy atom. The van der Waals surface area contributed by atoms with Gasteiger partial charge in [0.1, 0.15) is 18.8 Å². The third kappa shape index (κ3) is 45.6. The molecule has 0 aromatic rings. The van der Waals surface area contributed by atoms with Gasteiger partial charge >= 0.3 is 23.9 Å². The fourth-order valence-corrected chi connectivity index (χ4v) is 8.96. The van der Waals surface area contributed by atoms with E-state index in [4.69, 9.17) is 23.7 Å². The molecule has 0 amide bonds. The predicted molar refractivity (Wildman–Crippen MR) is 330 cm³/mol. The molecule has 0 saturated carbocycles. The van der Waals surface area contributed by atoms with E-state index in [2.05, 4.69) is 112 Å². The number of carbonyl (C=O) groups excluding carboxylic acids is 3. The Hall–Kier alpha value is -4.62. The summed E-state index contributed by atoms with van der Waals surface area (Å²) in [4.78, 5) is 51.2. The Bertz CT molecular complexity index is 1820. The van der Waals surface area contributed by atoms with Crippen LogP contribution in [0, 0.1) is 0 Å². The van der Waals surface area contributed by atoms with E-state index in [0.29, 0.717) is 25.7 Å². The summed E-state index contributed by atoms with van der Waals surface area (Å²) in [5, 5.41) is 31.5. The van der Waals surface area contributed by atoms with E-state index < -0.39 is 67.3 Å². The SMILES string of the molecule is CC/C=C\C/C=C\C/C=C\C/C=C\C/C=C\C/C=C\CCC(=O)OC1C(OCC(COC(=O)CCCCCCCCCCC/C=C\CCCCCCCC)OC(=O)CCCCCCC/C=C\C/C=C\CCC)OC(C(=O)O)C(O)C1O. The van der Waals surface area contributed by atoms with Gasteiger partial charge in [0.15, 0.2) is 24.6 Å². The summed E-state index contributed by atoms with van der Waals surface area (Å²) < 4.78 is 28.4. The number of carbonyl (C=O) groups is 4. The van der Waals surface area contributed by atoms with Crippen molar-refractivity contribution in [2.45, 2.75) is 289 Å². The predicted octanol–water partition coefficient (Wildman–Crippen LogP) is 17.0. The quantitative estimate of drug-likeness (QED) is 0.0228. The molecule has 12 heteroatoms. The lowest BCUT2D eigenvalue weighted by molar-refractivity contribution is -0.301. The van der Waals surface area contributed by atoms with Crippen LogP contribution < -0.4 is 0 Å². The van der Waals surface area contributed by atoms with Crippen LogP contribution in [-0.4, -0.2) is 89.2 Å². The van der Waals surface area contributed by atoms with Gasteiger partial charge < -0.3 is 39.0 Å². The van der Waals surface area contributed by atoms with E-state index in [1.165, 1.54) is 83.5 Å². The standard InChI is InChI=1S/C69H112O12/c1-4-7-10-13-16-19-22-25-27-29-31-33-35-38-40-43-46-49-52-55-61(70)77-58-60(79-62(71)56-53-50-47-44-41-37-24-21-18-15-12-9-6-3)59-78-69-67(65(74)64(73)66(81-69)68(75)76)80-63(72)57-54-51-48-45-42-39-36-34-32-30-28-26-23-20-17-14-11-8-5-2/h8,11-12,15,17,20-21,24-28,32,34,39,42,48,51,60,64-67,69,73-74H,4-7,9-10,13-14,16,18-19,22-23,29-31,33,35-38,40-41,43-47,49-50,52-59H2,1-3H3,(H,75,76)/b11-8-,15-12-,20-17-,24-21-,27-25-,28-26-,34-32-,42-39-,51-48-. The molecule has 3 N–H and O–H groups in total. The van der Waals surface area contributed by atoms with Crippen LogP contribution in [0.4, 0.5) is 0 Å². The van der Waals surface area contributed by atoms with Gasteiger partial charge in [-0.1, -0.05) is 233 Å². The first-order valence-corrected chi connectivity index (χ1v) is 31.9. The number of aliphatic hydroxyl groups is 2. The maximum Gasteiger partial charge on any atom is 0.335 e. The molecule has 0 bridgehead atoms. The minimum atomic E-state index is -1.94. The van der Waals surface area contributed by atoms with Crippen molar-refractivity contribution in [3.05, 3.63) is 109 Å². The number of allylic oxidation sites excluding steroid dienone is 18. The monoisotopic (exact) mass is 1130 g/mol. The van der Waals surface area contributed by atoms with Crippen LogP contribution in [0.25, 0.3) is 0 Å². The number of carboxylic acids is 1. The van der Waals surface area contributed by atoms with Crippen LogP contribution in [0.5, 0.6) is 0 Å². The summed E-state index contributed by atoms with van der Waals surface area (Å²) in [6.07, 6.45) is 63.5. The van der Waals surface area contributed by atoms with E-state index in [9.17, 15) is 34.5 Å². The molecule has 1 rings (SSSR count). The molecule has 1 heterocycles. The second-order valence-electron chi connectivity index (χ2n) is 21.3. The van der Waals surface area contributed by atoms with E-state index in [0.717, 1.165) is 103 Å². The van der Waals surface area contributed by atoms with Crippen molar-refractivity contribution in [3.63, 3.8) is 0 Å². The first kappa shape index (κ1) is 74.4. The number of aliphatic carboxylic acids is 1. The van der Waals surface area contributed by atoms with Crippen LogP contribution in [0.2, 0.25) is 0 Å². The highest BCUT2D eigenvalue weighted by Crippen LogP contribution is 2.26.